The molecular formula is C20H20N2O4. The Morgan fingerprint density at radius 2 is 1.85 bits per heavy atom. The third-order valence-corrected chi connectivity index (χ3v) is 3.94. The van der Waals surface area contributed by atoms with Crippen LogP contribution in [-0.4, -0.2) is 23.1 Å². The van der Waals surface area contributed by atoms with Crippen molar-refractivity contribution in [2.75, 3.05) is 0 Å². The summed E-state index contributed by atoms with van der Waals surface area (Å²) in [4.78, 5) is 27.1. The van der Waals surface area contributed by atoms with E-state index in [4.69, 9.17) is 9.47 Å². The van der Waals surface area contributed by atoms with Gasteiger partial charge in [0.05, 0.1) is 0 Å². The number of carbonyl (C=O) groups is 2. The minimum Gasteiger partial charge on any atom is -0.445 e. The summed E-state index contributed by atoms with van der Waals surface area (Å²) in [5, 5.41) is 3.28. The van der Waals surface area contributed by atoms with E-state index in [-0.39, 0.29) is 6.61 Å². The highest BCUT2D eigenvalue weighted by Gasteiger charge is 2.20. The number of nitrogens with one attached hydrogen (secondary N) is 2. The van der Waals surface area contributed by atoms with E-state index in [0.29, 0.717) is 5.75 Å². The Kier molecular flexibility index (Phi) is 5.22. The lowest BCUT2D eigenvalue weighted by atomic mass is 10.2. The summed E-state index contributed by atoms with van der Waals surface area (Å²) < 4.78 is 10.5. The number of hydrogen-bond donors (Lipinski definition) is 2. The zero-order valence-corrected chi connectivity index (χ0v) is 14.6. The molecule has 2 aromatic carbocycles. The molecule has 3 aromatic rings. The van der Waals surface area contributed by atoms with E-state index in [1.54, 1.807) is 13.1 Å². The van der Waals surface area contributed by atoms with Gasteiger partial charge in [-0.05, 0) is 31.5 Å². The van der Waals surface area contributed by atoms with Crippen LogP contribution in [0.5, 0.6) is 5.75 Å². The molecular weight excluding hydrogens is 332 g/mol. The number of ether oxygens (including phenoxy) is 2. The number of para-hydroxylation sites is 1. The first-order valence-corrected chi connectivity index (χ1v) is 8.29. The summed E-state index contributed by atoms with van der Waals surface area (Å²) in [6.45, 7) is 3.67. The number of esters is 1. The van der Waals surface area contributed by atoms with Crippen molar-refractivity contribution in [3.8, 4) is 5.75 Å². The fourth-order valence-corrected chi connectivity index (χ4v) is 2.44. The van der Waals surface area contributed by atoms with Crippen molar-refractivity contribution in [3.05, 3.63) is 65.9 Å². The fourth-order valence-electron chi connectivity index (χ4n) is 2.44. The van der Waals surface area contributed by atoms with Crippen molar-refractivity contribution >= 4 is 23.0 Å². The lowest BCUT2D eigenvalue weighted by molar-refractivity contribution is -0.136. The first-order chi connectivity index (χ1) is 12.5. The molecule has 1 amide bonds. The predicted molar refractivity (Wildman–Crippen MR) is 97.9 cm³/mol. The van der Waals surface area contributed by atoms with Gasteiger partial charge < -0.3 is 19.8 Å². The van der Waals surface area contributed by atoms with Gasteiger partial charge in [-0.2, -0.15) is 0 Å². The monoisotopic (exact) mass is 352 g/mol. The first kappa shape index (κ1) is 17.5. The Morgan fingerprint density at radius 3 is 2.62 bits per heavy atom. The van der Waals surface area contributed by atoms with Crippen LogP contribution in [0.3, 0.4) is 0 Å². The van der Waals surface area contributed by atoms with Crippen LogP contribution < -0.4 is 10.1 Å². The molecule has 0 spiro atoms. The van der Waals surface area contributed by atoms with Crippen LogP contribution in [0.25, 0.3) is 10.9 Å². The van der Waals surface area contributed by atoms with E-state index < -0.39 is 18.1 Å². The summed E-state index contributed by atoms with van der Waals surface area (Å²) in [6.07, 6.45) is 0.944. The summed E-state index contributed by atoms with van der Waals surface area (Å²) in [7, 11) is 0. The second-order valence-electron chi connectivity index (χ2n) is 6.05. The third kappa shape index (κ3) is 4.22. The van der Waals surface area contributed by atoms with Gasteiger partial charge in [-0.15, -0.1) is 0 Å². The number of aryl methyl sites for hydroxylation is 1. The summed E-state index contributed by atoms with van der Waals surface area (Å²) in [5.41, 5.74) is 2.88. The second kappa shape index (κ2) is 7.74. The number of fused-ring (bicyclic) bond motifs is 1. The number of benzene rings is 2. The van der Waals surface area contributed by atoms with Crippen LogP contribution in [0.2, 0.25) is 0 Å². The van der Waals surface area contributed by atoms with Crippen LogP contribution in [-0.2, 0) is 16.1 Å². The molecule has 0 aliphatic heterocycles. The summed E-state index contributed by atoms with van der Waals surface area (Å²) in [6, 6.07) is 14.3. The minimum atomic E-state index is -0.839. The number of alkyl carbamates (subject to hydrolysis) is 1. The number of aromatic amines is 1. The van der Waals surface area contributed by atoms with Crippen molar-refractivity contribution < 1.29 is 19.1 Å². The molecule has 0 fully saturated rings. The van der Waals surface area contributed by atoms with Gasteiger partial charge in [0.2, 0.25) is 0 Å². The van der Waals surface area contributed by atoms with Crippen molar-refractivity contribution in [1.29, 1.82) is 0 Å². The average molecular weight is 352 g/mol. The highest BCUT2D eigenvalue weighted by molar-refractivity contribution is 5.90. The number of carbonyl (C=O) groups excluding carboxylic acids is 2. The van der Waals surface area contributed by atoms with E-state index in [2.05, 4.69) is 10.3 Å². The topological polar surface area (TPSA) is 80.4 Å². The normalized spacial score (nSPS) is 11.8. The maximum absolute atomic E-state index is 12.2. The molecule has 0 bridgehead atoms. The van der Waals surface area contributed by atoms with Gasteiger partial charge in [0.25, 0.3) is 0 Å². The Balaban J connectivity index is 1.52. The van der Waals surface area contributed by atoms with Crippen molar-refractivity contribution in [2.45, 2.75) is 26.5 Å². The number of rotatable bonds is 5. The van der Waals surface area contributed by atoms with Gasteiger partial charge in [-0.3, -0.25) is 0 Å². The highest BCUT2D eigenvalue weighted by atomic mass is 16.6. The van der Waals surface area contributed by atoms with Gasteiger partial charge in [0, 0.05) is 17.1 Å². The molecule has 1 aromatic heterocycles. The number of amides is 1. The van der Waals surface area contributed by atoms with Gasteiger partial charge in [0.15, 0.2) is 5.75 Å². The van der Waals surface area contributed by atoms with E-state index >= 15 is 0 Å². The maximum atomic E-state index is 12.2. The molecule has 1 heterocycles. The molecule has 3 rings (SSSR count). The summed E-state index contributed by atoms with van der Waals surface area (Å²) >= 11 is 0. The number of hydrogen-bond acceptors (Lipinski definition) is 4. The Bertz CT molecular complexity index is 915. The molecule has 1 atom stereocenters. The molecule has 2 N–H and O–H groups in total. The molecule has 0 saturated heterocycles. The zero-order valence-electron chi connectivity index (χ0n) is 14.6. The smallest absolute Gasteiger partial charge is 0.408 e. The Morgan fingerprint density at radius 1 is 1.12 bits per heavy atom. The SMILES string of the molecule is Cc1ccc(COC(=O)N[C@@H](C)C(=O)Oc2c[nH]c3ccccc23)cc1. The molecule has 6 heteroatoms. The van der Waals surface area contributed by atoms with Crippen LogP contribution in [0, 0.1) is 6.92 Å². The zero-order chi connectivity index (χ0) is 18.5. The molecule has 134 valence electrons. The van der Waals surface area contributed by atoms with Crippen molar-refractivity contribution in [1.82, 2.24) is 10.3 Å². The highest BCUT2D eigenvalue weighted by Crippen LogP contribution is 2.25. The average Bonchev–Trinajstić information content (AvgIpc) is 3.04. The van der Waals surface area contributed by atoms with Gasteiger partial charge >= 0.3 is 12.1 Å². The van der Waals surface area contributed by atoms with Crippen LogP contribution >= 0.6 is 0 Å². The Labute approximate surface area is 151 Å². The van der Waals surface area contributed by atoms with Crippen molar-refractivity contribution in [2.24, 2.45) is 0 Å². The van der Waals surface area contributed by atoms with E-state index in [0.717, 1.165) is 22.0 Å². The lowest BCUT2D eigenvalue weighted by Gasteiger charge is -2.13. The molecule has 0 unspecified atom stereocenters. The third-order valence-electron chi connectivity index (χ3n) is 3.94. The van der Waals surface area contributed by atoms with Gasteiger partial charge in [0.1, 0.15) is 12.6 Å². The van der Waals surface area contributed by atoms with Crippen molar-refractivity contribution in [3.63, 3.8) is 0 Å². The lowest BCUT2D eigenvalue weighted by Crippen LogP contribution is -2.41. The number of H-pyrrole nitrogens is 1. The fraction of sp³-hybridized carbons (Fsp3) is 0.200. The minimum absolute atomic E-state index is 0.135. The van der Waals surface area contributed by atoms with Gasteiger partial charge in [-0.1, -0.05) is 42.0 Å². The largest absolute Gasteiger partial charge is 0.445 e. The molecule has 0 saturated carbocycles. The van der Waals surface area contributed by atoms with Crippen LogP contribution in [0.15, 0.2) is 54.7 Å². The molecule has 0 aliphatic rings. The Hall–Kier alpha value is -3.28. The molecule has 26 heavy (non-hydrogen) atoms. The second-order valence-corrected chi connectivity index (χ2v) is 6.05. The maximum Gasteiger partial charge on any atom is 0.408 e. The first-order valence-electron chi connectivity index (χ1n) is 8.29. The molecule has 0 radical (unpaired) electrons. The van der Waals surface area contributed by atoms with Crippen LogP contribution in [0.1, 0.15) is 18.1 Å². The number of aromatic nitrogens is 1. The van der Waals surface area contributed by atoms with E-state index in [1.807, 2.05) is 55.5 Å². The quantitative estimate of drug-likeness (QED) is 0.686. The summed E-state index contributed by atoms with van der Waals surface area (Å²) in [5.74, 6) is -0.144. The predicted octanol–water partition coefficient (Wildman–Crippen LogP) is 3.70. The van der Waals surface area contributed by atoms with Gasteiger partial charge in [-0.25, -0.2) is 9.59 Å². The standard InChI is InChI=1S/C20H20N2O4/c1-13-7-9-15(10-8-13)12-25-20(24)22-14(2)19(23)26-18-11-21-17-6-4-3-5-16(17)18/h3-11,14,21H,12H2,1-2H3,(H,22,24)/t14-/m0/s1. The van der Waals surface area contributed by atoms with Crippen LogP contribution in [0.4, 0.5) is 4.79 Å². The van der Waals surface area contributed by atoms with E-state index in [9.17, 15) is 9.59 Å². The molecule has 0 aliphatic carbocycles. The van der Waals surface area contributed by atoms with E-state index in [1.165, 1.54) is 0 Å². The molecule has 6 nitrogen and oxygen atoms in total.